The molecule has 2 aromatic rings. The van der Waals surface area contributed by atoms with E-state index in [1.54, 1.807) is 18.2 Å². The molecule has 2 amide bonds. The molecule has 0 aliphatic carbocycles. The van der Waals surface area contributed by atoms with Crippen LogP contribution in [0, 0.1) is 11.3 Å². The Kier molecular flexibility index (Phi) is 6.85. The van der Waals surface area contributed by atoms with E-state index in [-0.39, 0.29) is 17.2 Å². The number of halogens is 4. The highest BCUT2D eigenvalue weighted by Crippen LogP contribution is 2.36. The van der Waals surface area contributed by atoms with Gasteiger partial charge in [0.15, 0.2) is 0 Å². The number of hydrogen-bond donors (Lipinski definition) is 3. The molecule has 0 bridgehead atoms. The molecule has 0 atom stereocenters. The lowest BCUT2D eigenvalue weighted by Gasteiger charge is -2.11. The quantitative estimate of drug-likeness (QED) is 0.477. The zero-order valence-electron chi connectivity index (χ0n) is 14.9. The van der Waals surface area contributed by atoms with E-state index < -0.39 is 22.7 Å². The monoisotopic (exact) mass is 422 g/mol. The standard InChI is InChI=1S/C19H14ClF3N4O2/c1-11(28)26-13-2-4-14(5-3-13)27-18(29)12(9-24)10-25-15-6-7-17(20)16(8-15)19(21,22)23/h2-8,10,25H,1H3,(H,26,28)(H,27,29)/b12-10-. The lowest BCUT2D eigenvalue weighted by molar-refractivity contribution is -0.137. The van der Waals surface area contributed by atoms with Gasteiger partial charge in [0.1, 0.15) is 11.6 Å². The molecule has 0 unspecified atom stereocenters. The fourth-order valence-electron chi connectivity index (χ4n) is 2.17. The number of nitriles is 1. The summed E-state index contributed by atoms with van der Waals surface area (Å²) in [5, 5.41) is 16.2. The van der Waals surface area contributed by atoms with Gasteiger partial charge in [0.2, 0.25) is 5.91 Å². The van der Waals surface area contributed by atoms with Gasteiger partial charge < -0.3 is 16.0 Å². The third-order valence-corrected chi connectivity index (χ3v) is 3.81. The molecular weight excluding hydrogens is 409 g/mol. The minimum absolute atomic E-state index is 0.00179. The van der Waals surface area contributed by atoms with Gasteiger partial charge in [-0.15, -0.1) is 0 Å². The van der Waals surface area contributed by atoms with Gasteiger partial charge in [-0.2, -0.15) is 18.4 Å². The Bertz CT molecular complexity index is 996. The van der Waals surface area contributed by atoms with Crippen LogP contribution < -0.4 is 16.0 Å². The highest BCUT2D eigenvalue weighted by atomic mass is 35.5. The van der Waals surface area contributed by atoms with Crippen molar-refractivity contribution in [2.45, 2.75) is 13.1 Å². The Morgan fingerprint density at radius 3 is 2.10 bits per heavy atom. The molecule has 0 aliphatic heterocycles. The van der Waals surface area contributed by atoms with Crippen molar-refractivity contribution in [1.82, 2.24) is 0 Å². The van der Waals surface area contributed by atoms with Crippen LogP contribution in [0.4, 0.5) is 30.2 Å². The van der Waals surface area contributed by atoms with Gasteiger partial charge in [-0.25, -0.2) is 0 Å². The van der Waals surface area contributed by atoms with Crippen LogP contribution in [0.3, 0.4) is 0 Å². The number of benzene rings is 2. The Balaban J connectivity index is 2.11. The van der Waals surface area contributed by atoms with Crippen LogP contribution in [0.5, 0.6) is 0 Å². The predicted molar refractivity (Wildman–Crippen MR) is 103 cm³/mol. The molecular formula is C19H14ClF3N4O2. The third-order valence-electron chi connectivity index (χ3n) is 3.48. The first-order valence-electron chi connectivity index (χ1n) is 8.02. The molecule has 6 nitrogen and oxygen atoms in total. The summed E-state index contributed by atoms with van der Waals surface area (Å²) >= 11 is 5.55. The minimum atomic E-state index is -4.64. The Hall–Kier alpha value is -3.51. The van der Waals surface area contributed by atoms with Crippen LogP contribution >= 0.6 is 11.6 Å². The van der Waals surface area contributed by atoms with Gasteiger partial charge in [0.25, 0.3) is 5.91 Å². The van der Waals surface area contributed by atoms with Gasteiger partial charge in [0.05, 0.1) is 10.6 Å². The molecule has 0 saturated carbocycles. The van der Waals surface area contributed by atoms with Crippen LogP contribution in [0.15, 0.2) is 54.2 Å². The highest BCUT2D eigenvalue weighted by molar-refractivity contribution is 6.31. The number of nitrogens with zero attached hydrogens (tertiary/aromatic N) is 1. The lowest BCUT2D eigenvalue weighted by atomic mass is 10.2. The number of amides is 2. The first-order valence-corrected chi connectivity index (χ1v) is 8.40. The molecule has 0 fully saturated rings. The zero-order chi connectivity index (χ0) is 21.6. The van der Waals surface area contributed by atoms with Crippen LogP contribution in [-0.2, 0) is 15.8 Å². The second kappa shape index (κ2) is 9.12. The summed E-state index contributed by atoms with van der Waals surface area (Å²) in [5.41, 5.74) is -0.520. The second-order valence-corrected chi connectivity index (χ2v) is 6.13. The third kappa shape index (κ3) is 6.26. The Morgan fingerprint density at radius 2 is 1.59 bits per heavy atom. The molecule has 0 heterocycles. The first-order chi connectivity index (χ1) is 13.6. The normalized spacial score (nSPS) is 11.4. The van der Waals surface area contributed by atoms with Gasteiger partial charge >= 0.3 is 6.18 Å². The van der Waals surface area contributed by atoms with E-state index in [0.717, 1.165) is 18.3 Å². The topological polar surface area (TPSA) is 94.0 Å². The van der Waals surface area contributed by atoms with Crippen molar-refractivity contribution in [2.24, 2.45) is 0 Å². The number of nitrogens with one attached hydrogen (secondary N) is 3. The first kappa shape index (κ1) is 21.8. The van der Waals surface area contributed by atoms with E-state index in [9.17, 15) is 22.8 Å². The van der Waals surface area contributed by atoms with Gasteiger partial charge in [0, 0.05) is 30.2 Å². The smallest absolute Gasteiger partial charge is 0.360 e. The summed E-state index contributed by atoms with van der Waals surface area (Å²) in [6.45, 7) is 1.35. The van der Waals surface area contributed by atoms with Crippen LogP contribution in [-0.4, -0.2) is 11.8 Å². The fraction of sp³-hybridized carbons (Fsp3) is 0.105. The molecule has 10 heteroatoms. The molecule has 0 aromatic heterocycles. The summed E-state index contributed by atoms with van der Waals surface area (Å²) < 4.78 is 38.7. The minimum Gasteiger partial charge on any atom is -0.360 e. The highest BCUT2D eigenvalue weighted by Gasteiger charge is 2.33. The van der Waals surface area contributed by atoms with Crippen LogP contribution in [0.1, 0.15) is 12.5 Å². The van der Waals surface area contributed by atoms with Crippen molar-refractivity contribution in [3.8, 4) is 6.07 Å². The molecule has 0 spiro atoms. The number of anilines is 3. The molecule has 29 heavy (non-hydrogen) atoms. The van der Waals surface area contributed by atoms with Gasteiger partial charge in [-0.05, 0) is 42.5 Å². The number of hydrogen-bond acceptors (Lipinski definition) is 4. The maximum absolute atomic E-state index is 12.9. The molecule has 3 N–H and O–H groups in total. The summed E-state index contributed by atoms with van der Waals surface area (Å²) in [6, 6.07) is 10.9. The number of carbonyl (C=O) groups is 2. The SMILES string of the molecule is CC(=O)Nc1ccc(NC(=O)/C(C#N)=C\Nc2ccc(Cl)c(C(F)(F)F)c2)cc1. The van der Waals surface area contributed by atoms with Crippen molar-refractivity contribution in [2.75, 3.05) is 16.0 Å². The predicted octanol–water partition coefficient (Wildman–Crippen LogP) is 4.78. The summed E-state index contributed by atoms with van der Waals surface area (Å²) in [7, 11) is 0. The maximum Gasteiger partial charge on any atom is 0.417 e. The molecule has 0 aliphatic rings. The molecule has 2 aromatic carbocycles. The summed E-state index contributed by atoms with van der Waals surface area (Å²) in [6.07, 6.45) is -3.65. The van der Waals surface area contributed by atoms with E-state index in [1.807, 2.05) is 0 Å². The maximum atomic E-state index is 12.9. The average molecular weight is 423 g/mol. The molecule has 0 saturated heterocycles. The van der Waals surface area contributed by atoms with Crippen LogP contribution in [0.2, 0.25) is 5.02 Å². The van der Waals surface area contributed by atoms with Crippen molar-refractivity contribution >= 4 is 40.5 Å². The van der Waals surface area contributed by atoms with Gasteiger partial charge in [-0.3, -0.25) is 9.59 Å². The van der Waals surface area contributed by atoms with Crippen molar-refractivity contribution in [3.05, 3.63) is 64.8 Å². The number of alkyl halides is 3. The average Bonchev–Trinajstić information content (AvgIpc) is 2.63. The summed E-state index contributed by atoms with van der Waals surface area (Å²) in [5.74, 6) is -1.02. The van der Waals surface area contributed by atoms with E-state index in [4.69, 9.17) is 16.9 Å². The van der Waals surface area contributed by atoms with E-state index in [0.29, 0.717) is 11.4 Å². The molecule has 2 rings (SSSR count). The number of carbonyl (C=O) groups excluding carboxylic acids is 2. The van der Waals surface area contributed by atoms with Crippen LogP contribution in [0.25, 0.3) is 0 Å². The lowest BCUT2D eigenvalue weighted by Crippen LogP contribution is -2.14. The summed E-state index contributed by atoms with van der Waals surface area (Å²) in [4.78, 5) is 23.2. The fourth-order valence-corrected chi connectivity index (χ4v) is 2.40. The Labute approximate surface area is 169 Å². The van der Waals surface area contributed by atoms with Gasteiger partial charge in [-0.1, -0.05) is 11.6 Å². The van der Waals surface area contributed by atoms with Crippen molar-refractivity contribution in [1.29, 1.82) is 5.26 Å². The largest absolute Gasteiger partial charge is 0.417 e. The van der Waals surface area contributed by atoms with E-state index in [1.165, 1.54) is 25.1 Å². The molecule has 150 valence electrons. The van der Waals surface area contributed by atoms with E-state index in [2.05, 4.69) is 16.0 Å². The second-order valence-electron chi connectivity index (χ2n) is 5.72. The number of rotatable bonds is 5. The van der Waals surface area contributed by atoms with Crippen molar-refractivity contribution < 1.29 is 22.8 Å². The van der Waals surface area contributed by atoms with E-state index >= 15 is 0 Å². The molecule has 0 radical (unpaired) electrons. The Morgan fingerprint density at radius 1 is 1.03 bits per heavy atom. The zero-order valence-corrected chi connectivity index (χ0v) is 15.7. The van der Waals surface area contributed by atoms with Crippen molar-refractivity contribution in [3.63, 3.8) is 0 Å².